The standard InChI is InChI=1S/4C6H7.2C2H7Si.2BrH.2Hf/c4*1-6-4-2-3-5-6;2*1-3-2;;;;/h4*2,4H,3H2,1H3;2*3H,1-2H3;2*1H;;/q4*-1;;;;;;/p-2. The third kappa shape index (κ3) is 40.2. The van der Waals surface area contributed by atoms with Crippen LogP contribution in [0.2, 0.25) is 26.2 Å². The van der Waals surface area contributed by atoms with E-state index in [2.05, 4.69) is 127 Å². The molecule has 0 amide bonds. The molecule has 0 unspecified atom stereocenters. The van der Waals surface area contributed by atoms with Crippen molar-refractivity contribution in [1.82, 2.24) is 0 Å². The largest absolute Gasteiger partial charge is 1.00 e. The van der Waals surface area contributed by atoms with Gasteiger partial charge in [0, 0.05) is 70.7 Å². The van der Waals surface area contributed by atoms with Crippen molar-refractivity contribution < 1.29 is 85.6 Å². The summed E-state index contributed by atoms with van der Waals surface area (Å²) in [7, 11) is 1.50. The van der Waals surface area contributed by atoms with Gasteiger partial charge in [-0.15, -0.1) is 25.7 Å². The van der Waals surface area contributed by atoms with Gasteiger partial charge < -0.3 is 34.0 Å². The zero-order chi connectivity index (χ0) is 23.0. The second-order valence-electron chi connectivity index (χ2n) is 7.02. The number of hydrogen-bond acceptors (Lipinski definition) is 0. The molecule has 190 valence electrons. The monoisotopic (exact) mass is 952 g/mol. The molecule has 2 radical (unpaired) electrons. The number of halogens is 2. The van der Waals surface area contributed by atoms with Gasteiger partial charge in [-0.05, 0) is 0 Å². The first-order valence-corrected chi connectivity index (χ1v) is 15.5. The van der Waals surface area contributed by atoms with Gasteiger partial charge in [-0.25, -0.2) is 46.6 Å². The van der Waals surface area contributed by atoms with Crippen molar-refractivity contribution in [3.05, 3.63) is 95.2 Å². The van der Waals surface area contributed by atoms with Crippen molar-refractivity contribution in [3.8, 4) is 0 Å². The molecule has 0 aromatic rings. The molecule has 34 heavy (non-hydrogen) atoms. The zero-order valence-corrected chi connectivity index (χ0v) is 35.0. The summed E-state index contributed by atoms with van der Waals surface area (Å²) in [5, 5.41) is 0. The van der Waals surface area contributed by atoms with Crippen molar-refractivity contribution >= 4 is 19.0 Å². The van der Waals surface area contributed by atoms with Crippen LogP contribution in [0.25, 0.3) is 0 Å². The summed E-state index contributed by atoms with van der Waals surface area (Å²) in [6.45, 7) is 17.1. The molecule has 0 atom stereocenters. The van der Waals surface area contributed by atoms with Crippen molar-refractivity contribution in [2.75, 3.05) is 0 Å². The molecule has 4 aliphatic rings. The van der Waals surface area contributed by atoms with Crippen LogP contribution >= 0.6 is 0 Å². The van der Waals surface area contributed by atoms with Crippen molar-refractivity contribution in [2.45, 2.75) is 79.6 Å². The molecule has 6 heteroatoms. The van der Waals surface area contributed by atoms with Gasteiger partial charge in [0.05, 0.1) is 0 Å². The Kier molecular flexibility index (Phi) is 54.6. The smallest absolute Gasteiger partial charge is 0.0213 e. The van der Waals surface area contributed by atoms with E-state index in [4.69, 9.17) is 0 Å². The van der Waals surface area contributed by atoms with Crippen LogP contribution in [0.15, 0.2) is 70.9 Å². The fraction of sp³-hybridized carbons (Fsp3) is 0.429. The molecule has 4 aliphatic carbocycles. The van der Waals surface area contributed by atoms with E-state index in [-0.39, 0.29) is 85.6 Å². The fourth-order valence-electron chi connectivity index (χ4n) is 2.06. The summed E-state index contributed by atoms with van der Waals surface area (Å²) in [5.41, 5.74) is 5.09. The van der Waals surface area contributed by atoms with E-state index >= 15 is 0 Å². The minimum atomic E-state index is 0. The van der Waals surface area contributed by atoms with Gasteiger partial charge in [-0.2, -0.15) is 24.3 Å². The molecule has 0 N–H and O–H groups in total. The van der Waals surface area contributed by atoms with Gasteiger partial charge in [0.1, 0.15) is 0 Å². The quantitative estimate of drug-likeness (QED) is 0.257. The summed E-state index contributed by atoms with van der Waals surface area (Å²) in [4.78, 5) is 0. The summed E-state index contributed by atoms with van der Waals surface area (Å²) in [6.07, 6.45) is 33.3. The molecule has 0 fully saturated rings. The first-order valence-electron chi connectivity index (χ1n) is 10.8. The Morgan fingerprint density at radius 3 is 0.647 bits per heavy atom. The van der Waals surface area contributed by atoms with Crippen LogP contribution in [0.5, 0.6) is 0 Å². The molecule has 0 saturated heterocycles. The molecule has 0 aromatic carbocycles. The van der Waals surface area contributed by atoms with Crippen LogP contribution in [0.4, 0.5) is 0 Å². The van der Waals surface area contributed by atoms with Crippen molar-refractivity contribution in [3.63, 3.8) is 0 Å². The van der Waals surface area contributed by atoms with Crippen LogP contribution in [-0.4, -0.2) is 19.0 Å². The topological polar surface area (TPSA) is 0 Å². The summed E-state index contributed by atoms with van der Waals surface area (Å²) in [5.74, 6) is 0. The predicted octanol–water partition coefficient (Wildman–Crippen LogP) is 1.82. The maximum atomic E-state index is 3.12. The third-order valence-electron chi connectivity index (χ3n) is 3.47. The molecule has 0 spiro atoms. The van der Waals surface area contributed by atoms with E-state index in [1.807, 2.05) is 0 Å². The first kappa shape index (κ1) is 48.2. The third-order valence-corrected chi connectivity index (χ3v) is 3.47. The van der Waals surface area contributed by atoms with E-state index in [0.717, 1.165) is 44.7 Å². The molecule has 0 aliphatic heterocycles. The predicted molar refractivity (Wildman–Crippen MR) is 143 cm³/mol. The molecule has 0 bridgehead atoms. The van der Waals surface area contributed by atoms with Crippen LogP contribution in [-0.2, 0) is 51.7 Å². The molecular formula is C28H42Br2Hf2Si2-6. The van der Waals surface area contributed by atoms with Gasteiger partial charge in [0.15, 0.2) is 0 Å². The second-order valence-corrected chi connectivity index (χ2v) is 9.33. The molecular weight excluding hydrogens is 909 g/mol. The number of hydrogen-bond donors (Lipinski definition) is 0. The average Bonchev–Trinajstić information content (AvgIpc) is 3.49. The van der Waals surface area contributed by atoms with Crippen molar-refractivity contribution in [2.24, 2.45) is 0 Å². The maximum absolute atomic E-state index is 3.12. The van der Waals surface area contributed by atoms with Crippen LogP contribution in [0, 0.1) is 24.3 Å². The van der Waals surface area contributed by atoms with Crippen LogP contribution in [0.3, 0.4) is 0 Å². The molecule has 0 nitrogen and oxygen atoms in total. The van der Waals surface area contributed by atoms with E-state index in [1.54, 1.807) is 0 Å². The van der Waals surface area contributed by atoms with E-state index < -0.39 is 0 Å². The molecule has 0 heterocycles. The first-order chi connectivity index (χ1) is 14.4. The SMILES string of the molecule is CC1=[C-]CC=C1.CC1=[C-]CC=C1.CC1=[C-]CC=C1.CC1=[C-]CC=C1.C[SiH]C.C[SiH]C.[Br-].[Br-].[Hf].[Hf]. The Morgan fingerprint density at radius 1 is 0.471 bits per heavy atom. The minimum Gasteiger partial charge on any atom is -1.00 e. The number of rotatable bonds is 0. The Labute approximate surface area is 276 Å². The number of allylic oxidation sites excluding steroid dienone is 16. The minimum absolute atomic E-state index is 0. The Hall–Kier alpha value is 1.05. The molecule has 4 rings (SSSR count). The summed E-state index contributed by atoms with van der Waals surface area (Å²) in [6, 6.07) is 0. The Bertz CT molecular complexity index is 547. The van der Waals surface area contributed by atoms with E-state index in [1.165, 1.54) is 22.3 Å². The van der Waals surface area contributed by atoms with Crippen LogP contribution < -0.4 is 34.0 Å². The average molecular weight is 952 g/mol. The molecule has 0 aromatic heterocycles. The second kappa shape index (κ2) is 38.6. The summed E-state index contributed by atoms with van der Waals surface area (Å²) >= 11 is 0. The molecule has 0 saturated carbocycles. The van der Waals surface area contributed by atoms with Crippen molar-refractivity contribution in [1.29, 1.82) is 0 Å². The fourth-order valence-corrected chi connectivity index (χ4v) is 2.06. The Balaban J connectivity index is -0.0000000690. The maximum Gasteiger partial charge on any atom is 0.0213 e. The van der Waals surface area contributed by atoms with E-state index in [0.29, 0.717) is 0 Å². The van der Waals surface area contributed by atoms with Gasteiger partial charge in [0.25, 0.3) is 0 Å². The van der Waals surface area contributed by atoms with Gasteiger partial charge in [-0.1, -0.05) is 53.9 Å². The summed E-state index contributed by atoms with van der Waals surface area (Å²) < 4.78 is 0. The Morgan fingerprint density at radius 2 is 0.618 bits per heavy atom. The normalized spacial score (nSPS) is 14.1. The zero-order valence-electron chi connectivity index (χ0n) is 22.4. The van der Waals surface area contributed by atoms with Gasteiger partial charge in [-0.3, -0.25) is 24.3 Å². The van der Waals surface area contributed by atoms with Crippen LogP contribution in [0.1, 0.15) is 53.4 Å². The van der Waals surface area contributed by atoms with Gasteiger partial charge in [0.2, 0.25) is 0 Å². The van der Waals surface area contributed by atoms with E-state index in [9.17, 15) is 0 Å². The van der Waals surface area contributed by atoms with Gasteiger partial charge >= 0.3 is 0 Å².